The number of ether oxygens (including phenoxy) is 1. The lowest BCUT2D eigenvalue weighted by molar-refractivity contribution is -0.118. The molecule has 0 radical (unpaired) electrons. The van der Waals surface area contributed by atoms with Gasteiger partial charge in [0.15, 0.2) is 4.34 Å². The molecule has 3 rings (SSSR count). The van der Waals surface area contributed by atoms with Crippen LogP contribution in [0.25, 0.3) is 0 Å². The van der Waals surface area contributed by atoms with Gasteiger partial charge in [0.05, 0.1) is 12.4 Å². The first-order valence-corrected chi connectivity index (χ1v) is 10.5. The molecule has 0 aliphatic heterocycles. The Kier molecular flexibility index (Phi) is 6.33. The molecule has 1 aromatic heterocycles. The van der Waals surface area contributed by atoms with Crippen LogP contribution in [0, 0.1) is 0 Å². The van der Waals surface area contributed by atoms with Gasteiger partial charge in [0.2, 0.25) is 16.9 Å². The second kappa shape index (κ2) is 8.71. The fourth-order valence-electron chi connectivity index (χ4n) is 2.44. The largest absolute Gasteiger partial charge is 0.497 e. The average Bonchev–Trinajstić information content (AvgIpc) is 3.41. The van der Waals surface area contributed by atoms with Gasteiger partial charge in [-0.2, -0.15) is 0 Å². The quantitative estimate of drug-likeness (QED) is 0.533. The summed E-state index contributed by atoms with van der Waals surface area (Å²) in [7, 11) is 1.60. The number of carbonyl (C=O) groups excluding carboxylic acids is 2. The molecule has 0 spiro atoms. The van der Waals surface area contributed by atoms with Gasteiger partial charge in [-0.25, -0.2) is 0 Å². The minimum atomic E-state index is -0.343. The summed E-state index contributed by atoms with van der Waals surface area (Å²) in [6.07, 6.45) is 2.46. The smallest absolute Gasteiger partial charge is 0.237 e. The molecular weight excluding hydrogens is 384 g/mol. The number of anilines is 2. The molecule has 1 aliphatic rings. The Balaban J connectivity index is 1.60. The molecule has 1 atom stereocenters. The predicted molar refractivity (Wildman–Crippen MR) is 108 cm³/mol. The van der Waals surface area contributed by atoms with E-state index < -0.39 is 0 Å². The molecule has 1 unspecified atom stereocenters. The monoisotopic (exact) mass is 406 g/mol. The summed E-state index contributed by atoms with van der Waals surface area (Å²) >= 11 is 2.70. The maximum Gasteiger partial charge on any atom is 0.237 e. The highest BCUT2D eigenvalue weighted by atomic mass is 32.2. The summed E-state index contributed by atoms with van der Waals surface area (Å²) in [4.78, 5) is 26.3. The van der Waals surface area contributed by atoms with Crippen molar-refractivity contribution in [3.05, 3.63) is 24.3 Å². The highest BCUT2D eigenvalue weighted by molar-refractivity contribution is 8.02. The van der Waals surface area contributed by atoms with Gasteiger partial charge in [-0.15, -0.1) is 10.2 Å². The fourth-order valence-corrected chi connectivity index (χ4v) is 4.51. The van der Waals surface area contributed by atoms with Crippen LogP contribution in [0.5, 0.6) is 5.75 Å². The lowest BCUT2D eigenvalue weighted by atomic mass is 10.3. The number of nitrogens with zero attached hydrogens (tertiary/aromatic N) is 3. The summed E-state index contributed by atoms with van der Waals surface area (Å²) in [6, 6.07) is 7.42. The number of nitrogens with one attached hydrogen (secondary N) is 1. The van der Waals surface area contributed by atoms with Gasteiger partial charge in [0.1, 0.15) is 5.75 Å². The summed E-state index contributed by atoms with van der Waals surface area (Å²) < 4.78 is 5.79. The van der Waals surface area contributed by atoms with Crippen LogP contribution in [0.3, 0.4) is 0 Å². The Labute approximate surface area is 166 Å². The predicted octanol–water partition coefficient (Wildman–Crippen LogP) is 3.57. The maximum atomic E-state index is 12.4. The molecule has 9 heteroatoms. The second-order valence-corrected chi connectivity index (χ2v) is 8.72. The molecule has 1 aliphatic carbocycles. The zero-order valence-corrected chi connectivity index (χ0v) is 17.1. The number of amides is 2. The first-order valence-electron chi connectivity index (χ1n) is 8.79. The fraction of sp³-hybridized carbons (Fsp3) is 0.444. The van der Waals surface area contributed by atoms with Crippen LogP contribution in [0.15, 0.2) is 28.6 Å². The number of hydrogen-bond acceptors (Lipinski definition) is 7. The summed E-state index contributed by atoms with van der Waals surface area (Å²) in [5, 5.41) is 11.5. The average molecular weight is 407 g/mol. The molecule has 1 fully saturated rings. The van der Waals surface area contributed by atoms with Crippen molar-refractivity contribution in [3.8, 4) is 5.75 Å². The van der Waals surface area contributed by atoms with E-state index in [9.17, 15) is 9.59 Å². The second-order valence-electron chi connectivity index (χ2n) is 6.18. The molecule has 2 aromatic rings. The van der Waals surface area contributed by atoms with Crippen LogP contribution >= 0.6 is 23.1 Å². The third-order valence-corrected chi connectivity index (χ3v) is 6.20. The first-order chi connectivity index (χ1) is 13.0. The maximum absolute atomic E-state index is 12.4. The third kappa shape index (κ3) is 4.98. The van der Waals surface area contributed by atoms with E-state index in [0.29, 0.717) is 21.6 Å². The molecule has 7 nitrogen and oxygen atoms in total. The number of carbonyl (C=O) groups is 2. The molecule has 27 heavy (non-hydrogen) atoms. The van der Waals surface area contributed by atoms with Crippen LogP contribution in [0.1, 0.15) is 33.1 Å². The van der Waals surface area contributed by atoms with Crippen molar-refractivity contribution in [1.82, 2.24) is 10.2 Å². The van der Waals surface area contributed by atoms with Gasteiger partial charge < -0.3 is 10.1 Å². The van der Waals surface area contributed by atoms with Crippen LogP contribution in [-0.2, 0) is 9.59 Å². The van der Waals surface area contributed by atoms with Gasteiger partial charge in [0.25, 0.3) is 0 Å². The molecule has 144 valence electrons. The lowest BCUT2D eigenvalue weighted by Gasteiger charge is -2.17. The van der Waals surface area contributed by atoms with E-state index in [1.807, 2.05) is 13.8 Å². The molecule has 1 N–H and O–H groups in total. The standard InChI is InChI=1S/C18H22N4O3S2/c1-4-15(23)22(13-7-8-13)17-20-21-18(27-17)26-11(2)16(24)19-12-5-9-14(25-3)10-6-12/h5-6,9-11,13H,4,7-8H2,1-3H3,(H,19,24). The Morgan fingerprint density at radius 2 is 2.04 bits per heavy atom. The van der Waals surface area contributed by atoms with E-state index in [4.69, 9.17) is 4.74 Å². The number of rotatable bonds is 8. The van der Waals surface area contributed by atoms with E-state index in [-0.39, 0.29) is 23.1 Å². The Bertz CT molecular complexity index is 805. The summed E-state index contributed by atoms with van der Waals surface area (Å²) in [6.45, 7) is 3.67. The van der Waals surface area contributed by atoms with E-state index in [2.05, 4.69) is 15.5 Å². The summed E-state index contributed by atoms with van der Waals surface area (Å²) in [5.41, 5.74) is 0.708. The Morgan fingerprint density at radius 3 is 2.63 bits per heavy atom. The first kappa shape index (κ1) is 19.6. The highest BCUT2D eigenvalue weighted by Gasteiger charge is 2.35. The SMILES string of the molecule is CCC(=O)N(c1nnc(SC(C)C(=O)Nc2ccc(OC)cc2)s1)C1CC1. The zero-order valence-electron chi connectivity index (χ0n) is 15.5. The van der Waals surface area contributed by atoms with Crippen molar-refractivity contribution >= 4 is 45.7 Å². The van der Waals surface area contributed by atoms with Crippen LogP contribution < -0.4 is 15.0 Å². The number of hydrogen-bond donors (Lipinski definition) is 1. The molecule has 1 saturated carbocycles. The van der Waals surface area contributed by atoms with Gasteiger partial charge in [-0.1, -0.05) is 30.0 Å². The van der Waals surface area contributed by atoms with E-state index in [1.54, 1.807) is 36.3 Å². The van der Waals surface area contributed by atoms with Crippen molar-refractivity contribution in [2.45, 2.75) is 48.7 Å². The molecule has 1 heterocycles. The molecule has 1 aromatic carbocycles. The van der Waals surface area contributed by atoms with Gasteiger partial charge >= 0.3 is 0 Å². The normalized spacial score (nSPS) is 14.5. The number of methoxy groups -OCH3 is 1. The van der Waals surface area contributed by atoms with Crippen molar-refractivity contribution < 1.29 is 14.3 Å². The van der Waals surface area contributed by atoms with Gasteiger partial charge in [-0.3, -0.25) is 14.5 Å². The molecule has 2 amide bonds. The van der Waals surface area contributed by atoms with Crippen LogP contribution in [-0.4, -0.2) is 40.4 Å². The summed E-state index contributed by atoms with van der Waals surface area (Å²) in [5.74, 6) is 0.680. The van der Waals surface area contributed by atoms with Crippen LogP contribution in [0.4, 0.5) is 10.8 Å². The van der Waals surface area contributed by atoms with Gasteiger partial charge in [0, 0.05) is 18.2 Å². The minimum absolute atomic E-state index is 0.0653. The van der Waals surface area contributed by atoms with Crippen molar-refractivity contribution in [3.63, 3.8) is 0 Å². The van der Waals surface area contributed by atoms with Crippen LogP contribution in [0.2, 0.25) is 0 Å². The van der Waals surface area contributed by atoms with Gasteiger partial charge in [-0.05, 0) is 44.0 Å². The van der Waals surface area contributed by atoms with E-state index in [0.717, 1.165) is 18.6 Å². The Hall–Kier alpha value is -2.13. The van der Waals surface area contributed by atoms with E-state index in [1.165, 1.54) is 23.1 Å². The van der Waals surface area contributed by atoms with Crippen molar-refractivity contribution in [1.29, 1.82) is 0 Å². The zero-order chi connectivity index (χ0) is 19.4. The highest BCUT2D eigenvalue weighted by Crippen LogP contribution is 2.37. The molecule has 0 saturated heterocycles. The van der Waals surface area contributed by atoms with Crippen molar-refractivity contribution in [2.75, 3.05) is 17.3 Å². The number of benzene rings is 1. The third-order valence-electron chi connectivity index (χ3n) is 4.09. The number of thioether (sulfide) groups is 1. The molecular formula is C18H22N4O3S2. The topological polar surface area (TPSA) is 84.4 Å². The van der Waals surface area contributed by atoms with E-state index >= 15 is 0 Å². The molecule has 0 bridgehead atoms. The van der Waals surface area contributed by atoms with Crippen molar-refractivity contribution in [2.24, 2.45) is 0 Å². The minimum Gasteiger partial charge on any atom is -0.497 e. The number of aromatic nitrogens is 2. The lowest BCUT2D eigenvalue weighted by Crippen LogP contribution is -2.32. The Morgan fingerprint density at radius 1 is 1.33 bits per heavy atom.